The standard InChI is InChI=1S/C16H17N3/c1-13(15-5-3-2-4-6-15)17-12-14-8-10-19-16(11-14)7-9-18-19/h2-11,13,17H,12H2,1H3/t13-/m0/s1. The maximum Gasteiger partial charge on any atom is 0.0664 e. The van der Waals surface area contributed by atoms with Crippen LogP contribution in [0.4, 0.5) is 0 Å². The Hall–Kier alpha value is -2.13. The van der Waals surface area contributed by atoms with Crippen molar-refractivity contribution < 1.29 is 0 Å². The van der Waals surface area contributed by atoms with Crippen LogP contribution in [0.5, 0.6) is 0 Å². The van der Waals surface area contributed by atoms with Crippen molar-refractivity contribution in [2.75, 3.05) is 0 Å². The van der Waals surface area contributed by atoms with Crippen LogP contribution in [0, 0.1) is 0 Å². The summed E-state index contributed by atoms with van der Waals surface area (Å²) in [6.07, 6.45) is 3.82. The van der Waals surface area contributed by atoms with E-state index in [1.54, 1.807) is 0 Å². The number of fused-ring (bicyclic) bond motifs is 1. The Bertz CT molecular complexity index is 658. The summed E-state index contributed by atoms with van der Waals surface area (Å²) in [5.74, 6) is 0. The topological polar surface area (TPSA) is 29.3 Å². The van der Waals surface area contributed by atoms with Crippen molar-refractivity contribution in [2.24, 2.45) is 0 Å². The Morgan fingerprint density at radius 1 is 1.16 bits per heavy atom. The highest BCUT2D eigenvalue weighted by Crippen LogP contribution is 2.13. The number of pyridine rings is 1. The van der Waals surface area contributed by atoms with Gasteiger partial charge in [0.2, 0.25) is 0 Å². The molecule has 3 rings (SSSR count). The third kappa shape index (κ3) is 2.66. The maximum atomic E-state index is 4.20. The lowest BCUT2D eigenvalue weighted by atomic mass is 10.1. The smallest absolute Gasteiger partial charge is 0.0664 e. The fourth-order valence-electron chi connectivity index (χ4n) is 2.21. The molecule has 2 aromatic heterocycles. The van der Waals surface area contributed by atoms with Crippen LogP contribution >= 0.6 is 0 Å². The van der Waals surface area contributed by atoms with E-state index in [0.29, 0.717) is 6.04 Å². The number of hydrogen-bond acceptors (Lipinski definition) is 2. The Labute approximate surface area is 112 Å². The minimum Gasteiger partial charge on any atom is -0.306 e. The monoisotopic (exact) mass is 251 g/mol. The minimum absolute atomic E-state index is 0.349. The van der Waals surface area contributed by atoms with Crippen molar-refractivity contribution in [2.45, 2.75) is 19.5 Å². The molecule has 0 amide bonds. The molecular formula is C16H17N3. The number of rotatable bonds is 4. The van der Waals surface area contributed by atoms with Gasteiger partial charge in [0, 0.05) is 25.0 Å². The molecule has 0 spiro atoms. The van der Waals surface area contributed by atoms with E-state index in [4.69, 9.17) is 0 Å². The molecule has 96 valence electrons. The third-order valence-electron chi connectivity index (χ3n) is 3.38. The van der Waals surface area contributed by atoms with Gasteiger partial charge in [0.15, 0.2) is 0 Å². The van der Waals surface area contributed by atoms with E-state index in [9.17, 15) is 0 Å². The van der Waals surface area contributed by atoms with Crippen LogP contribution in [0.1, 0.15) is 24.1 Å². The second kappa shape index (κ2) is 5.24. The average molecular weight is 251 g/mol. The SMILES string of the molecule is C[C@H](NCc1ccn2nccc2c1)c1ccccc1. The second-order valence-corrected chi connectivity index (χ2v) is 4.75. The zero-order chi connectivity index (χ0) is 13.1. The van der Waals surface area contributed by atoms with Crippen LogP contribution in [0.2, 0.25) is 0 Å². The minimum atomic E-state index is 0.349. The molecule has 0 aliphatic heterocycles. The highest BCUT2D eigenvalue weighted by Gasteiger charge is 2.04. The summed E-state index contributed by atoms with van der Waals surface area (Å²) in [7, 11) is 0. The van der Waals surface area contributed by atoms with Crippen LogP contribution < -0.4 is 5.32 Å². The van der Waals surface area contributed by atoms with E-state index in [0.717, 1.165) is 12.1 Å². The van der Waals surface area contributed by atoms with Gasteiger partial charge < -0.3 is 5.32 Å². The number of nitrogens with one attached hydrogen (secondary N) is 1. The van der Waals surface area contributed by atoms with E-state index in [2.05, 4.69) is 53.7 Å². The van der Waals surface area contributed by atoms with Crippen molar-refractivity contribution in [3.05, 3.63) is 72.1 Å². The second-order valence-electron chi connectivity index (χ2n) is 4.75. The molecule has 0 bridgehead atoms. The first-order valence-electron chi connectivity index (χ1n) is 6.53. The van der Waals surface area contributed by atoms with Gasteiger partial charge in [0.25, 0.3) is 0 Å². The summed E-state index contributed by atoms with van der Waals surface area (Å²) in [6, 6.07) is 17.1. The van der Waals surface area contributed by atoms with E-state index in [1.165, 1.54) is 11.1 Å². The summed E-state index contributed by atoms with van der Waals surface area (Å²) >= 11 is 0. The molecule has 2 heterocycles. The van der Waals surface area contributed by atoms with E-state index in [1.807, 2.05) is 29.0 Å². The first-order valence-corrected chi connectivity index (χ1v) is 6.53. The summed E-state index contributed by atoms with van der Waals surface area (Å²) in [4.78, 5) is 0. The van der Waals surface area contributed by atoms with Gasteiger partial charge in [-0.25, -0.2) is 4.52 Å². The lowest BCUT2D eigenvalue weighted by molar-refractivity contribution is 0.574. The number of benzene rings is 1. The predicted octanol–water partition coefficient (Wildman–Crippen LogP) is 3.19. The Kier molecular flexibility index (Phi) is 3.29. The molecule has 3 heteroatoms. The van der Waals surface area contributed by atoms with Crippen molar-refractivity contribution in [3.63, 3.8) is 0 Å². The summed E-state index contributed by atoms with van der Waals surface area (Å²) < 4.78 is 1.88. The first-order chi connectivity index (χ1) is 9.33. The van der Waals surface area contributed by atoms with Gasteiger partial charge in [-0.15, -0.1) is 0 Å². The molecule has 1 aromatic carbocycles. The number of nitrogens with zero attached hydrogens (tertiary/aromatic N) is 2. The zero-order valence-corrected chi connectivity index (χ0v) is 11.0. The normalized spacial score (nSPS) is 12.7. The molecule has 0 saturated heterocycles. The summed E-state index contributed by atoms with van der Waals surface area (Å²) in [6.45, 7) is 3.05. The van der Waals surface area contributed by atoms with Crippen LogP contribution in [-0.2, 0) is 6.54 Å². The molecule has 3 nitrogen and oxygen atoms in total. The van der Waals surface area contributed by atoms with Crippen molar-refractivity contribution in [1.82, 2.24) is 14.9 Å². The Morgan fingerprint density at radius 2 is 2.00 bits per heavy atom. The van der Waals surface area contributed by atoms with E-state index >= 15 is 0 Å². The van der Waals surface area contributed by atoms with Gasteiger partial charge in [0.05, 0.1) is 5.52 Å². The fraction of sp³-hybridized carbons (Fsp3) is 0.188. The van der Waals surface area contributed by atoms with Crippen molar-refractivity contribution in [3.8, 4) is 0 Å². The van der Waals surface area contributed by atoms with Gasteiger partial charge in [-0.05, 0) is 36.2 Å². The molecule has 1 atom stereocenters. The van der Waals surface area contributed by atoms with Gasteiger partial charge in [-0.2, -0.15) is 5.10 Å². The van der Waals surface area contributed by atoms with Gasteiger partial charge in [-0.3, -0.25) is 0 Å². The largest absolute Gasteiger partial charge is 0.306 e. The Morgan fingerprint density at radius 3 is 2.84 bits per heavy atom. The third-order valence-corrected chi connectivity index (χ3v) is 3.38. The molecule has 0 fully saturated rings. The molecular weight excluding hydrogens is 234 g/mol. The summed E-state index contributed by atoms with van der Waals surface area (Å²) in [5.41, 5.74) is 3.72. The number of aromatic nitrogens is 2. The van der Waals surface area contributed by atoms with Crippen LogP contribution in [0.25, 0.3) is 5.52 Å². The first kappa shape index (κ1) is 11.9. The maximum absolute atomic E-state index is 4.20. The molecule has 0 saturated carbocycles. The molecule has 0 unspecified atom stereocenters. The molecule has 0 aliphatic rings. The molecule has 1 N–H and O–H groups in total. The van der Waals surface area contributed by atoms with Gasteiger partial charge in [-0.1, -0.05) is 30.3 Å². The van der Waals surface area contributed by atoms with Crippen molar-refractivity contribution >= 4 is 5.52 Å². The van der Waals surface area contributed by atoms with Crippen LogP contribution in [0.15, 0.2) is 60.9 Å². The lowest BCUT2D eigenvalue weighted by Gasteiger charge is -2.14. The number of hydrogen-bond donors (Lipinski definition) is 1. The molecule has 0 radical (unpaired) electrons. The van der Waals surface area contributed by atoms with Crippen LogP contribution in [-0.4, -0.2) is 9.61 Å². The quantitative estimate of drug-likeness (QED) is 0.771. The van der Waals surface area contributed by atoms with Crippen LogP contribution in [0.3, 0.4) is 0 Å². The fourth-order valence-corrected chi connectivity index (χ4v) is 2.21. The van der Waals surface area contributed by atoms with Gasteiger partial charge in [0.1, 0.15) is 0 Å². The highest BCUT2D eigenvalue weighted by atomic mass is 15.2. The van der Waals surface area contributed by atoms with E-state index < -0.39 is 0 Å². The summed E-state index contributed by atoms with van der Waals surface area (Å²) in [5, 5.41) is 7.74. The Balaban J connectivity index is 1.68. The molecule has 0 aliphatic carbocycles. The average Bonchev–Trinajstić information content (AvgIpc) is 2.93. The predicted molar refractivity (Wildman–Crippen MR) is 76.9 cm³/mol. The lowest BCUT2D eigenvalue weighted by Crippen LogP contribution is -2.18. The van der Waals surface area contributed by atoms with Crippen molar-refractivity contribution in [1.29, 1.82) is 0 Å². The molecule has 19 heavy (non-hydrogen) atoms. The van der Waals surface area contributed by atoms with E-state index in [-0.39, 0.29) is 0 Å². The van der Waals surface area contributed by atoms with Gasteiger partial charge >= 0.3 is 0 Å². The highest BCUT2D eigenvalue weighted by molar-refractivity contribution is 5.47. The molecule has 3 aromatic rings. The zero-order valence-electron chi connectivity index (χ0n) is 11.0.